The Kier molecular flexibility index (Phi) is 14.9. The lowest BCUT2D eigenvalue weighted by molar-refractivity contribution is -0.155. The van der Waals surface area contributed by atoms with Gasteiger partial charge in [0.05, 0.1) is 19.3 Å². The predicted molar refractivity (Wildman–Crippen MR) is 200 cm³/mol. The average Bonchev–Trinajstić information content (AvgIpc) is 3.46. The number of hydrogen-bond donors (Lipinski definition) is 4. The van der Waals surface area contributed by atoms with Crippen molar-refractivity contribution in [2.24, 2.45) is 0 Å². The number of aliphatic hydroxyl groups is 1. The Balaban J connectivity index is 1.51. The second-order valence-electron chi connectivity index (χ2n) is 13.9. The number of aliphatic hydroxyl groups excluding tert-OH is 1. The summed E-state index contributed by atoms with van der Waals surface area (Å²) < 4.78 is 21.9. The summed E-state index contributed by atoms with van der Waals surface area (Å²) in [5.74, 6) is -3.47. The van der Waals surface area contributed by atoms with Crippen molar-refractivity contribution in [1.29, 1.82) is 0 Å². The second kappa shape index (κ2) is 19.5. The van der Waals surface area contributed by atoms with Gasteiger partial charge in [0.25, 0.3) is 0 Å². The molecular formula is C41H49N3O10. The highest BCUT2D eigenvalue weighted by atomic mass is 16.6. The standard InChI is InChI=1S/C41H49N3O10/c1-6-22-52-39(49)36(26(2)45)44-38(48)34(25-51-23-27-14-8-7-9-15-27)42-37(47)33(20-21-35(46)54-41(3,4)5)43-40(50)53-24-32-30-18-12-10-16-28(30)29-17-11-13-19-31(29)32/h6-19,26,32-34,36,45H,1,20-25H2,2-5H3,(H,42,47)(H,43,50)(H,44,48)/t26-,33+,34+,36+/m1/s1. The number of amides is 3. The van der Waals surface area contributed by atoms with Gasteiger partial charge in [0.1, 0.15) is 30.9 Å². The summed E-state index contributed by atoms with van der Waals surface area (Å²) in [5, 5.41) is 17.8. The van der Waals surface area contributed by atoms with Crippen molar-refractivity contribution in [3.63, 3.8) is 0 Å². The van der Waals surface area contributed by atoms with E-state index in [0.717, 1.165) is 27.8 Å². The molecule has 0 spiro atoms. The van der Waals surface area contributed by atoms with E-state index in [9.17, 15) is 29.1 Å². The molecule has 1 aliphatic carbocycles. The molecule has 0 aliphatic heterocycles. The van der Waals surface area contributed by atoms with Gasteiger partial charge in [-0.25, -0.2) is 9.59 Å². The zero-order valence-electron chi connectivity index (χ0n) is 31.0. The van der Waals surface area contributed by atoms with Gasteiger partial charge in [-0.15, -0.1) is 0 Å². The van der Waals surface area contributed by atoms with Crippen LogP contribution >= 0.6 is 0 Å². The minimum Gasteiger partial charge on any atom is -0.460 e. The molecule has 0 radical (unpaired) electrons. The maximum atomic E-state index is 13.9. The van der Waals surface area contributed by atoms with Crippen LogP contribution in [0.15, 0.2) is 91.5 Å². The first-order valence-electron chi connectivity index (χ1n) is 17.8. The van der Waals surface area contributed by atoms with Crippen LogP contribution < -0.4 is 16.0 Å². The van der Waals surface area contributed by atoms with Crippen molar-refractivity contribution >= 4 is 29.8 Å². The van der Waals surface area contributed by atoms with E-state index in [4.69, 9.17) is 18.9 Å². The SMILES string of the molecule is C=CCOC(=O)[C@@H](NC(=O)[C@H](COCc1ccccc1)NC(=O)[C@H](CCC(=O)OC(C)(C)C)NC(=O)OCC1c2ccccc2-c2ccccc21)[C@@H](C)O. The van der Waals surface area contributed by atoms with E-state index in [-0.39, 0.29) is 45.2 Å². The summed E-state index contributed by atoms with van der Waals surface area (Å²) in [6.45, 7) is 9.45. The van der Waals surface area contributed by atoms with Crippen LogP contribution in [0.4, 0.5) is 4.79 Å². The monoisotopic (exact) mass is 743 g/mol. The molecule has 0 fully saturated rings. The Morgan fingerprint density at radius 3 is 2.00 bits per heavy atom. The van der Waals surface area contributed by atoms with Gasteiger partial charge in [0, 0.05) is 12.3 Å². The van der Waals surface area contributed by atoms with Crippen LogP contribution in [-0.4, -0.2) is 84.6 Å². The quantitative estimate of drug-likeness (QED) is 0.0834. The number of alkyl carbamates (subject to hydrolysis) is 1. The van der Waals surface area contributed by atoms with Crippen molar-refractivity contribution in [1.82, 2.24) is 16.0 Å². The number of hydrogen-bond acceptors (Lipinski definition) is 10. The molecule has 3 aromatic rings. The molecule has 0 unspecified atom stereocenters. The van der Waals surface area contributed by atoms with E-state index in [0.29, 0.717) is 0 Å². The van der Waals surface area contributed by atoms with E-state index in [1.165, 1.54) is 13.0 Å². The van der Waals surface area contributed by atoms with Crippen molar-refractivity contribution in [2.45, 2.75) is 82.9 Å². The second-order valence-corrected chi connectivity index (χ2v) is 13.9. The number of benzene rings is 3. The molecule has 54 heavy (non-hydrogen) atoms. The zero-order chi connectivity index (χ0) is 39.3. The van der Waals surface area contributed by atoms with Gasteiger partial charge in [0.15, 0.2) is 6.04 Å². The van der Waals surface area contributed by atoms with Gasteiger partial charge in [-0.05, 0) is 61.9 Å². The number of carbonyl (C=O) groups is 5. The van der Waals surface area contributed by atoms with Gasteiger partial charge in [0.2, 0.25) is 11.8 Å². The first kappa shape index (κ1) is 41.2. The number of carbonyl (C=O) groups excluding carboxylic acids is 5. The zero-order valence-corrected chi connectivity index (χ0v) is 31.0. The molecule has 288 valence electrons. The summed E-state index contributed by atoms with van der Waals surface area (Å²) in [4.78, 5) is 66.1. The fraction of sp³-hybridized carbons (Fsp3) is 0.390. The molecule has 0 bridgehead atoms. The third kappa shape index (κ3) is 12.0. The fourth-order valence-electron chi connectivity index (χ4n) is 5.89. The number of esters is 2. The molecular weight excluding hydrogens is 694 g/mol. The Morgan fingerprint density at radius 1 is 0.815 bits per heavy atom. The van der Waals surface area contributed by atoms with Crippen molar-refractivity contribution < 1.29 is 48.0 Å². The summed E-state index contributed by atoms with van der Waals surface area (Å²) in [6.07, 6.45) is -1.39. The highest BCUT2D eigenvalue weighted by Gasteiger charge is 2.34. The number of ether oxygens (including phenoxy) is 4. The molecule has 0 saturated heterocycles. The first-order chi connectivity index (χ1) is 25.8. The Morgan fingerprint density at radius 2 is 1.41 bits per heavy atom. The van der Waals surface area contributed by atoms with Crippen LogP contribution in [0.5, 0.6) is 0 Å². The fourth-order valence-corrected chi connectivity index (χ4v) is 5.89. The molecule has 4 atom stereocenters. The molecule has 3 amide bonds. The third-order valence-corrected chi connectivity index (χ3v) is 8.42. The summed E-state index contributed by atoms with van der Waals surface area (Å²) in [7, 11) is 0. The lowest BCUT2D eigenvalue weighted by Crippen LogP contribution is -2.59. The van der Waals surface area contributed by atoms with Gasteiger partial charge in [-0.3, -0.25) is 14.4 Å². The van der Waals surface area contributed by atoms with E-state index in [1.807, 2.05) is 78.9 Å². The van der Waals surface area contributed by atoms with Crippen LogP contribution in [0.25, 0.3) is 11.1 Å². The minimum atomic E-state index is -1.48. The van der Waals surface area contributed by atoms with E-state index in [1.54, 1.807) is 20.8 Å². The lowest BCUT2D eigenvalue weighted by atomic mass is 9.98. The lowest BCUT2D eigenvalue weighted by Gasteiger charge is -2.26. The van der Waals surface area contributed by atoms with Gasteiger partial charge >= 0.3 is 18.0 Å². The molecule has 4 N–H and O–H groups in total. The summed E-state index contributed by atoms with van der Waals surface area (Å²) in [5.41, 5.74) is 4.09. The predicted octanol–water partition coefficient (Wildman–Crippen LogP) is 4.31. The van der Waals surface area contributed by atoms with Gasteiger partial charge in [-0.1, -0.05) is 91.5 Å². The van der Waals surface area contributed by atoms with Crippen molar-refractivity contribution in [3.8, 4) is 11.1 Å². The minimum absolute atomic E-state index is 0.0265. The normalized spacial score (nSPS) is 14.2. The van der Waals surface area contributed by atoms with E-state index >= 15 is 0 Å². The summed E-state index contributed by atoms with van der Waals surface area (Å²) >= 11 is 0. The van der Waals surface area contributed by atoms with Crippen LogP contribution in [-0.2, 0) is 44.7 Å². The molecule has 0 saturated carbocycles. The van der Waals surface area contributed by atoms with Crippen LogP contribution in [0.1, 0.15) is 63.1 Å². The molecule has 13 nitrogen and oxygen atoms in total. The largest absolute Gasteiger partial charge is 0.460 e. The van der Waals surface area contributed by atoms with Gasteiger partial charge < -0.3 is 40.0 Å². The third-order valence-electron chi connectivity index (χ3n) is 8.42. The molecule has 0 heterocycles. The first-order valence-corrected chi connectivity index (χ1v) is 17.8. The maximum absolute atomic E-state index is 13.9. The smallest absolute Gasteiger partial charge is 0.407 e. The molecule has 0 aromatic heterocycles. The summed E-state index contributed by atoms with van der Waals surface area (Å²) in [6, 6.07) is 20.5. The van der Waals surface area contributed by atoms with E-state index in [2.05, 4.69) is 22.5 Å². The highest BCUT2D eigenvalue weighted by molar-refractivity contribution is 5.93. The number of rotatable bonds is 18. The topological polar surface area (TPSA) is 179 Å². The number of fused-ring (bicyclic) bond motifs is 3. The Labute approximate surface area is 315 Å². The Bertz CT molecular complexity index is 1730. The molecule has 1 aliphatic rings. The van der Waals surface area contributed by atoms with E-state index < -0.39 is 59.7 Å². The number of nitrogens with one attached hydrogen (secondary N) is 3. The molecule has 13 heteroatoms. The van der Waals surface area contributed by atoms with Crippen LogP contribution in [0.3, 0.4) is 0 Å². The maximum Gasteiger partial charge on any atom is 0.407 e. The van der Waals surface area contributed by atoms with Crippen molar-refractivity contribution in [3.05, 3.63) is 108 Å². The average molecular weight is 744 g/mol. The molecule has 3 aromatic carbocycles. The Hall–Kier alpha value is -5.53. The highest BCUT2D eigenvalue weighted by Crippen LogP contribution is 2.44. The van der Waals surface area contributed by atoms with Gasteiger partial charge in [-0.2, -0.15) is 0 Å². The molecule has 4 rings (SSSR count). The van der Waals surface area contributed by atoms with Crippen molar-refractivity contribution in [2.75, 3.05) is 19.8 Å². The van der Waals surface area contributed by atoms with Crippen LogP contribution in [0.2, 0.25) is 0 Å². The van der Waals surface area contributed by atoms with Crippen LogP contribution in [0, 0.1) is 0 Å².